The minimum atomic E-state index is 1.10. The van der Waals surface area contributed by atoms with E-state index in [0.29, 0.717) is 0 Å². The average molecular weight is 473 g/mol. The Morgan fingerprint density at radius 1 is 0.677 bits per heavy atom. The Morgan fingerprint density at radius 2 is 1.16 bits per heavy atom. The van der Waals surface area contributed by atoms with Gasteiger partial charge in [0.2, 0.25) is 0 Å². The quantitative estimate of drug-likeness (QED) is 0.257. The van der Waals surface area contributed by atoms with Crippen molar-refractivity contribution in [2.75, 3.05) is 0 Å². The van der Waals surface area contributed by atoms with Crippen LogP contribution in [0.4, 0.5) is 0 Å². The Hall–Kier alpha value is -2.34. The molecule has 31 heavy (non-hydrogen) atoms. The monoisotopic (exact) mass is 472 g/mol. The van der Waals surface area contributed by atoms with Crippen molar-refractivity contribution in [3.8, 4) is 23.7 Å². The zero-order valence-electron chi connectivity index (χ0n) is 17.4. The number of rotatable bonds is 2. The maximum atomic E-state index is 3.37. The second-order valence-corrected chi connectivity index (χ2v) is 11.6. The Bertz CT molecular complexity index is 1260. The van der Waals surface area contributed by atoms with Crippen LogP contribution in [-0.4, -0.2) is 0 Å². The van der Waals surface area contributed by atoms with Gasteiger partial charge in [-0.3, -0.25) is 0 Å². The molecule has 4 heterocycles. The number of aryl methyl sites for hydroxylation is 2. The van der Waals surface area contributed by atoms with E-state index in [1.807, 2.05) is 22.7 Å². The summed E-state index contributed by atoms with van der Waals surface area (Å²) in [6.45, 7) is 4.47. The van der Waals surface area contributed by atoms with Gasteiger partial charge in [-0.2, -0.15) is 22.7 Å². The van der Waals surface area contributed by atoms with E-state index < -0.39 is 0 Å². The predicted molar refractivity (Wildman–Crippen MR) is 139 cm³/mol. The lowest BCUT2D eigenvalue weighted by molar-refractivity contribution is 0.941. The molecule has 1 aliphatic carbocycles. The first-order valence-corrected chi connectivity index (χ1v) is 13.7. The van der Waals surface area contributed by atoms with Crippen LogP contribution in [-0.2, 0) is 0 Å². The van der Waals surface area contributed by atoms with Gasteiger partial charge < -0.3 is 0 Å². The molecule has 0 radical (unpaired) electrons. The zero-order chi connectivity index (χ0) is 21.2. The lowest BCUT2D eigenvalue weighted by atomic mass is 9.97. The van der Waals surface area contributed by atoms with Crippen LogP contribution in [0.2, 0.25) is 0 Å². The summed E-state index contributed by atoms with van der Waals surface area (Å²) in [4.78, 5) is 5.05. The highest BCUT2D eigenvalue weighted by atomic mass is 32.1. The molecule has 4 heteroatoms. The molecule has 0 nitrogen and oxygen atoms in total. The third kappa shape index (κ3) is 4.49. The number of hydrogen-bond donors (Lipinski definition) is 0. The first-order chi connectivity index (χ1) is 15.2. The van der Waals surface area contributed by atoms with Crippen LogP contribution in [0.5, 0.6) is 0 Å². The summed E-state index contributed by atoms with van der Waals surface area (Å²) in [6.07, 6.45) is 3.52. The highest BCUT2D eigenvalue weighted by Crippen LogP contribution is 2.44. The van der Waals surface area contributed by atoms with Crippen molar-refractivity contribution in [1.29, 1.82) is 0 Å². The van der Waals surface area contributed by atoms with E-state index in [9.17, 15) is 0 Å². The molecular formula is C27H20S4. The van der Waals surface area contributed by atoms with Gasteiger partial charge in [0.15, 0.2) is 0 Å². The third-order valence-electron chi connectivity index (χ3n) is 5.41. The fourth-order valence-electron chi connectivity index (χ4n) is 3.96. The van der Waals surface area contributed by atoms with Crippen molar-refractivity contribution in [2.45, 2.75) is 33.1 Å². The van der Waals surface area contributed by atoms with Gasteiger partial charge in [0.25, 0.3) is 0 Å². The standard InChI is InChI=1S/C27H20S4/c1-18-26(14-22(30-18)8-6-20-10-12-28-16-20)24-4-3-5-25(24)27-15-23(31-19(27)2)9-7-21-11-13-29-17-21/h10-17H,3-5H2,1-2H3. The first kappa shape index (κ1) is 20.6. The van der Waals surface area contributed by atoms with Crippen molar-refractivity contribution in [3.63, 3.8) is 0 Å². The highest BCUT2D eigenvalue weighted by molar-refractivity contribution is 7.13. The summed E-state index contributed by atoms with van der Waals surface area (Å²) >= 11 is 7.01. The van der Waals surface area contributed by atoms with Crippen molar-refractivity contribution < 1.29 is 0 Å². The van der Waals surface area contributed by atoms with E-state index in [2.05, 4.69) is 83.3 Å². The molecule has 0 saturated carbocycles. The lowest BCUT2D eigenvalue weighted by Gasteiger charge is -2.07. The summed E-state index contributed by atoms with van der Waals surface area (Å²) < 4.78 is 0. The molecule has 0 fully saturated rings. The van der Waals surface area contributed by atoms with Crippen molar-refractivity contribution >= 4 is 56.5 Å². The van der Waals surface area contributed by atoms with E-state index >= 15 is 0 Å². The van der Waals surface area contributed by atoms with Crippen LogP contribution in [0.15, 0.2) is 45.8 Å². The molecule has 0 atom stereocenters. The van der Waals surface area contributed by atoms with Gasteiger partial charge in [-0.15, -0.1) is 22.7 Å². The molecule has 0 saturated heterocycles. The molecule has 4 aromatic rings. The van der Waals surface area contributed by atoms with E-state index in [1.54, 1.807) is 22.7 Å². The summed E-state index contributed by atoms with van der Waals surface area (Å²) in [5.41, 5.74) is 8.00. The minimum Gasteiger partial charge on any atom is -0.151 e. The maximum absolute atomic E-state index is 3.37. The fraction of sp³-hybridized carbons (Fsp3) is 0.185. The molecule has 1 aliphatic rings. The SMILES string of the molecule is Cc1sc(C#Cc2ccsc2)cc1C1=C(c2cc(C#Cc3ccsc3)sc2C)CCC1. The van der Waals surface area contributed by atoms with Gasteiger partial charge in [0, 0.05) is 31.6 Å². The summed E-state index contributed by atoms with van der Waals surface area (Å²) in [7, 11) is 0. The van der Waals surface area contributed by atoms with Crippen LogP contribution < -0.4 is 0 Å². The molecular weight excluding hydrogens is 453 g/mol. The summed E-state index contributed by atoms with van der Waals surface area (Å²) in [5.74, 6) is 13.3. The lowest BCUT2D eigenvalue weighted by Crippen LogP contribution is -1.86. The molecule has 0 N–H and O–H groups in total. The second-order valence-electron chi connectivity index (χ2n) is 7.50. The molecule has 0 aliphatic heterocycles. The van der Waals surface area contributed by atoms with E-state index in [0.717, 1.165) is 33.7 Å². The molecule has 5 rings (SSSR count). The molecule has 0 amide bonds. The Balaban J connectivity index is 1.48. The number of allylic oxidation sites excluding steroid dienone is 2. The van der Waals surface area contributed by atoms with Gasteiger partial charge in [-0.1, -0.05) is 23.7 Å². The average Bonchev–Trinajstić information content (AvgIpc) is 3.56. The molecule has 0 unspecified atom stereocenters. The smallest absolute Gasteiger partial charge is 0.0781 e. The predicted octanol–water partition coefficient (Wildman–Crippen LogP) is 8.44. The van der Waals surface area contributed by atoms with Gasteiger partial charge in [0.05, 0.1) is 9.75 Å². The molecule has 0 spiro atoms. The normalized spacial score (nSPS) is 13.1. The van der Waals surface area contributed by atoms with Gasteiger partial charge in [0.1, 0.15) is 0 Å². The highest BCUT2D eigenvalue weighted by Gasteiger charge is 2.22. The number of thiophene rings is 4. The van der Waals surface area contributed by atoms with Crippen LogP contribution in [0.25, 0.3) is 11.1 Å². The van der Waals surface area contributed by atoms with Crippen LogP contribution >= 0.6 is 45.3 Å². The Kier molecular flexibility index (Phi) is 5.99. The van der Waals surface area contributed by atoms with Gasteiger partial charge in [-0.25, -0.2) is 0 Å². The molecule has 0 bridgehead atoms. The zero-order valence-corrected chi connectivity index (χ0v) is 20.6. The molecule has 0 aromatic carbocycles. The van der Waals surface area contributed by atoms with Crippen LogP contribution in [0.1, 0.15) is 61.0 Å². The maximum Gasteiger partial charge on any atom is 0.0781 e. The van der Waals surface area contributed by atoms with Crippen molar-refractivity contribution in [2.24, 2.45) is 0 Å². The van der Waals surface area contributed by atoms with E-state index in [-0.39, 0.29) is 0 Å². The Labute approximate surface area is 199 Å². The first-order valence-electron chi connectivity index (χ1n) is 10.2. The summed E-state index contributed by atoms with van der Waals surface area (Å²) in [5, 5.41) is 8.36. The largest absolute Gasteiger partial charge is 0.151 e. The van der Waals surface area contributed by atoms with Crippen LogP contribution in [0.3, 0.4) is 0 Å². The topological polar surface area (TPSA) is 0 Å². The van der Waals surface area contributed by atoms with Gasteiger partial charge >= 0.3 is 0 Å². The van der Waals surface area contributed by atoms with E-state index in [1.165, 1.54) is 38.4 Å². The van der Waals surface area contributed by atoms with E-state index in [4.69, 9.17) is 0 Å². The van der Waals surface area contributed by atoms with Crippen molar-refractivity contribution in [1.82, 2.24) is 0 Å². The molecule has 4 aromatic heterocycles. The Morgan fingerprint density at radius 3 is 1.58 bits per heavy atom. The minimum absolute atomic E-state index is 1.10. The summed E-state index contributed by atoms with van der Waals surface area (Å²) in [6, 6.07) is 8.77. The van der Waals surface area contributed by atoms with Crippen molar-refractivity contribution in [3.05, 3.63) is 87.5 Å². The molecule has 152 valence electrons. The second kappa shape index (κ2) is 9.03. The van der Waals surface area contributed by atoms with Gasteiger partial charge in [-0.05, 0) is 90.4 Å². The van der Waals surface area contributed by atoms with Crippen LogP contribution in [0, 0.1) is 37.5 Å². The third-order valence-corrected chi connectivity index (χ3v) is 8.70. The number of hydrogen-bond acceptors (Lipinski definition) is 4. The fourth-order valence-corrected chi connectivity index (χ4v) is 6.94.